The van der Waals surface area contributed by atoms with E-state index < -0.39 is 18.0 Å². The molecule has 0 aromatic rings. The molecule has 1 heterocycles. The first-order valence-electron chi connectivity index (χ1n) is 5.42. The second-order valence-corrected chi connectivity index (χ2v) is 3.88. The monoisotopic (exact) mass is 245 g/mol. The predicted molar refractivity (Wildman–Crippen MR) is 54.5 cm³/mol. The van der Waals surface area contributed by atoms with Gasteiger partial charge in [0.05, 0.1) is 6.42 Å². The summed E-state index contributed by atoms with van der Waals surface area (Å²) < 4.78 is 0. The molecule has 1 aliphatic rings. The minimum atomic E-state index is -1.20. The summed E-state index contributed by atoms with van der Waals surface area (Å²) in [5, 5.41) is 17.1. The summed E-state index contributed by atoms with van der Waals surface area (Å²) in [6, 6.07) is 0. The van der Waals surface area contributed by atoms with E-state index in [-0.39, 0.29) is 25.3 Å². The molecule has 1 aliphatic heterocycles. The van der Waals surface area contributed by atoms with Crippen molar-refractivity contribution in [2.75, 3.05) is 6.54 Å². The van der Waals surface area contributed by atoms with Gasteiger partial charge in [0.2, 0.25) is 5.91 Å². The largest absolute Gasteiger partial charge is 0.383 e. The van der Waals surface area contributed by atoms with Crippen LogP contribution in [0.2, 0.25) is 0 Å². The van der Waals surface area contributed by atoms with Crippen molar-refractivity contribution >= 4 is 17.8 Å². The zero-order chi connectivity index (χ0) is 12.8. The van der Waals surface area contributed by atoms with E-state index in [4.69, 9.17) is 10.4 Å². The molecule has 0 saturated carbocycles. The van der Waals surface area contributed by atoms with Crippen molar-refractivity contribution in [2.45, 2.75) is 38.2 Å². The molecule has 17 heavy (non-hydrogen) atoms. The molecule has 2 amide bonds. The van der Waals surface area contributed by atoms with E-state index in [2.05, 4.69) is 4.89 Å². The Morgan fingerprint density at radius 1 is 1.35 bits per heavy atom. The Hall–Kier alpha value is -1.47. The number of aliphatic hydroxyl groups excluding tert-OH is 1. The maximum absolute atomic E-state index is 11.3. The SMILES string of the molecule is O=C(CCCCCN1C(=O)CC(O)C1=O)OO. The summed E-state index contributed by atoms with van der Waals surface area (Å²) in [5.41, 5.74) is 0. The molecule has 0 aliphatic carbocycles. The molecule has 7 heteroatoms. The van der Waals surface area contributed by atoms with E-state index >= 15 is 0 Å². The van der Waals surface area contributed by atoms with E-state index in [1.807, 2.05) is 0 Å². The molecule has 1 fully saturated rings. The van der Waals surface area contributed by atoms with E-state index in [0.717, 1.165) is 4.90 Å². The fourth-order valence-corrected chi connectivity index (χ4v) is 1.66. The highest BCUT2D eigenvalue weighted by Crippen LogP contribution is 2.14. The van der Waals surface area contributed by atoms with E-state index in [9.17, 15) is 14.4 Å². The summed E-state index contributed by atoms with van der Waals surface area (Å²) in [4.78, 5) is 37.6. The third-order valence-corrected chi connectivity index (χ3v) is 2.58. The quantitative estimate of drug-likeness (QED) is 0.288. The van der Waals surface area contributed by atoms with Gasteiger partial charge in [-0.2, -0.15) is 5.26 Å². The summed E-state index contributed by atoms with van der Waals surface area (Å²) >= 11 is 0. The molecule has 96 valence electrons. The molecule has 1 rings (SSSR count). The minimum Gasteiger partial charge on any atom is -0.383 e. The van der Waals surface area contributed by atoms with Crippen molar-refractivity contribution in [3.8, 4) is 0 Å². The number of amides is 2. The number of carbonyl (C=O) groups is 3. The second kappa shape index (κ2) is 6.31. The van der Waals surface area contributed by atoms with Gasteiger partial charge >= 0.3 is 5.97 Å². The Balaban J connectivity index is 2.17. The van der Waals surface area contributed by atoms with Crippen LogP contribution in [0, 0.1) is 0 Å². The first-order valence-corrected chi connectivity index (χ1v) is 5.42. The highest BCUT2D eigenvalue weighted by Gasteiger charge is 2.36. The summed E-state index contributed by atoms with van der Waals surface area (Å²) in [5.74, 6) is -1.62. The number of imide groups is 1. The number of nitrogens with zero attached hydrogens (tertiary/aromatic N) is 1. The summed E-state index contributed by atoms with van der Waals surface area (Å²) in [6.45, 7) is 0.253. The van der Waals surface area contributed by atoms with Gasteiger partial charge in [0.25, 0.3) is 5.91 Å². The van der Waals surface area contributed by atoms with Crippen LogP contribution < -0.4 is 0 Å². The average Bonchev–Trinajstić information content (AvgIpc) is 2.54. The number of hydrogen-bond acceptors (Lipinski definition) is 6. The van der Waals surface area contributed by atoms with Crippen LogP contribution in [0.3, 0.4) is 0 Å². The third-order valence-electron chi connectivity index (χ3n) is 2.58. The molecule has 2 N–H and O–H groups in total. The molecular weight excluding hydrogens is 230 g/mol. The van der Waals surface area contributed by atoms with Crippen molar-refractivity contribution in [1.29, 1.82) is 0 Å². The van der Waals surface area contributed by atoms with Gasteiger partial charge in [-0.05, 0) is 12.8 Å². The Morgan fingerprint density at radius 3 is 2.59 bits per heavy atom. The normalized spacial score (nSPS) is 19.9. The molecule has 1 atom stereocenters. The fraction of sp³-hybridized carbons (Fsp3) is 0.700. The molecule has 0 bridgehead atoms. The Bertz CT molecular complexity index is 316. The van der Waals surface area contributed by atoms with Crippen LogP contribution >= 0.6 is 0 Å². The summed E-state index contributed by atoms with van der Waals surface area (Å²) in [6.07, 6.45) is 0.451. The van der Waals surface area contributed by atoms with Crippen LogP contribution in [-0.4, -0.2) is 45.7 Å². The number of rotatable bonds is 6. The smallest absolute Gasteiger partial charge is 0.342 e. The zero-order valence-corrected chi connectivity index (χ0v) is 9.29. The molecule has 0 aromatic carbocycles. The van der Waals surface area contributed by atoms with Crippen molar-refractivity contribution in [2.24, 2.45) is 0 Å². The van der Waals surface area contributed by atoms with Crippen LogP contribution in [0.15, 0.2) is 0 Å². The van der Waals surface area contributed by atoms with E-state index in [1.165, 1.54) is 0 Å². The molecule has 7 nitrogen and oxygen atoms in total. The van der Waals surface area contributed by atoms with Crippen molar-refractivity contribution < 1.29 is 29.6 Å². The minimum absolute atomic E-state index is 0.0982. The first-order chi connectivity index (χ1) is 8.06. The number of carbonyl (C=O) groups excluding carboxylic acids is 3. The number of hydrogen-bond donors (Lipinski definition) is 2. The second-order valence-electron chi connectivity index (χ2n) is 3.88. The molecular formula is C10H15NO6. The molecule has 1 unspecified atom stereocenters. The van der Waals surface area contributed by atoms with Crippen LogP contribution in [0.1, 0.15) is 32.1 Å². The molecule has 0 spiro atoms. The van der Waals surface area contributed by atoms with Gasteiger partial charge in [-0.1, -0.05) is 6.42 Å². The highest BCUT2D eigenvalue weighted by molar-refractivity contribution is 6.04. The van der Waals surface area contributed by atoms with Gasteiger partial charge in [-0.25, -0.2) is 4.79 Å². The molecule has 1 saturated heterocycles. The van der Waals surface area contributed by atoms with E-state index in [1.54, 1.807) is 0 Å². The molecule has 0 aromatic heterocycles. The topological polar surface area (TPSA) is 104 Å². The van der Waals surface area contributed by atoms with Gasteiger partial charge in [-0.3, -0.25) is 14.5 Å². The number of likely N-dealkylation sites (tertiary alicyclic amines) is 1. The Labute approximate surface area is 97.9 Å². The van der Waals surface area contributed by atoms with Crippen molar-refractivity contribution in [3.63, 3.8) is 0 Å². The lowest BCUT2D eigenvalue weighted by atomic mass is 10.2. The fourth-order valence-electron chi connectivity index (χ4n) is 1.66. The van der Waals surface area contributed by atoms with Crippen LogP contribution in [0.25, 0.3) is 0 Å². The Kier molecular flexibility index (Phi) is 5.05. The van der Waals surface area contributed by atoms with Gasteiger partial charge in [0.15, 0.2) is 0 Å². The highest BCUT2D eigenvalue weighted by atomic mass is 17.1. The van der Waals surface area contributed by atoms with Crippen LogP contribution in [0.5, 0.6) is 0 Å². The van der Waals surface area contributed by atoms with Gasteiger partial charge < -0.3 is 9.99 Å². The lowest BCUT2D eigenvalue weighted by molar-refractivity contribution is -0.234. The molecule has 0 radical (unpaired) electrons. The van der Waals surface area contributed by atoms with Gasteiger partial charge in [-0.15, -0.1) is 0 Å². The Morgan fingerprint density at radius 2 is 2.06 bits per heavy atom. The zero-order valence-electron chi connectivity index (χ0n) is 9.29. The van der Waals surface area contributed by atoms with Gasteiger partial charge in [0.1, 0.15) is 6.10 Å². The third kappa shape index (κ3) is 3.79. The standard InChI is InChI=1S/C10H15NO6/c12-7-6-8(13)11(10(7)15)5-3-1-2-4-9(14)17-16/h7,12,16H,1-6H2. The predicted octanol–water partition coefficient (Wildman–Crippen LogP) is -0.317. The number of aliphatic hydroxyl groups is 1. The maximum atomic E-state index is 11.3. The van der Waals surface area contributed by atoms with Crippen molar-refractivity contribution in [1.82, 2.24) is 4.90 Å². The average molecular weight is 245 g/mol. The number of unbranched alkanes of at least 4 members (excludes halogenated alkanes) is 2. The lowest BCUT2D eigenvalue weighted by Crippen LogP contribution is -2.32. The van der Waals surface area contributed by atoms with Crippen LogP contribution in [-0.2, 0) is 19.3 Å². The lowest BCUT2D eigenvalue weighted by Gasteiger charge is -2.13. The van der Waals surface area contributed by atoms with Gasteiger partial charge in [0, 0.05) is 13.0 Å². The van der Waals surface area contributed by atoms with Crippen molar-refractivity contribution in [3.05, 3.63) is 0 Å². The first kappa shape index (κ1) is 13.6. The maximum Gasteiger partial charge on any atom is 0.342 e. The summed E-state index contributed by atoms with van der Waals surface area (Å²) in [7, 11) is 0. The van der Waals surface area contributed by atoms with Crippen LogP contribution in [0.4, 0.5) is 0 Å². The van der Waals surface area contributed by atoms with E-state index in [0.29, 0.717) is 19.3 Å².